The average molecular weight is 403 g/mol. The SMILES string of the molecule is O=C(NC1CCN(C(=O)c2ccc(Br)cc2)CC1)Oc1ccccc1. The van der Waals surface area contributed by atoms with Gasteiger partial charge in [0.1, 0.15) is 5.75 Å². The van der Waals surface area contributed by atoms with E-state index < -0.39 is 6.09 Å². The van der Waals surface area contributed by atoms with Crippen LogP contribution in [0.15, 0.2) is 59.1 Å². The summed E-state index contributed by atoms with van der Waals surface area (Å²) in [6, 6.07) is 16.3. The monoisotopic (exact) mass is 402 g/mol. The topological polar surface area (TPSA) is 58.6 Å². The van der Waals surface area contributed by atoms with E-state index in [0.29, 0.717) is 37.2 Å². The minimum absolute atomic E-state index is 0.0187. The summed E-state index contributed by atoms with van der Waals surface area (Å²) in [6.45, 7) is 1.23. The van der Waals surface area contributed by atoms with Crippen LogP contribution in [0.5, 0.6) is 5.75 Å². The van der Waals surface area contributed by atoms with Gasteiger partial charge in [0, 0.05) is 29.2 Å². The highest BCUT2D eigenvalue weighted by molar-refractivity contribution is 9.10. The Bertz CT molecular complexity index is 726. The van der Waals surface area contributed by atoms with Gasteiger partial charge in [0.15, 0.2) is 0 Å². The lowest BCUT2D eigenvalue weighted by atomic mass is 10.0. The van der Waals surface area contributed by atoms with E-state index in [4.69, 9.17) is 4.74 Å². The van der Waals surface area contributed by atoms with E-state index in [1.807, 2.05) is 47.4 Å². The van der Waals surface area contributed by atoms with Gasteiger partial charge >= 0.3 is 6.09 Å². The molecule has 130 valence electrons. The molecule has 0 saturated carbocycles. The fourth-order valence-electron chi connectivity index (χ4n) is 2.79. The molecule has 0 aliphatic carbocycles. The fourth-order valence-corrected chi connectivity index (χ4v) is 3.06. The Kier molecular flexibility index (Phi) is 5.71. The molecule has 1 fully saturated rings. The van der Waals surface area contributed by atoms with Crippen LogP contribution in [0, 0.1) is 0 Å². The summed E-state index contributed by atoms with van der Waals surface area (Å²) < 4.78 is 6.18. The molecule has 25 heavy (non-hydrogen) atoms. The maximum absolute atomic E-state index is 12.5. The van der Waals surface area contributed by atoms with E-state index in [1.165, 1.54) is 0 Å². The summed E-state index contributed by atoms with van der Waals surface area (Å²) in [5.74, 6) is 0.542. The summed E-state index contributed by atoms with van der Waals surface area (Å²) >= 11 is 3.37. The zero-order valence-electron chi connectivity index (χ0n) is 13.7. The minimum atomic E-state index is -0.455. The molecule has 1 aliphatic heterocycles. The van der Waals surface area contributed by atoms with Gasteiger partial charge in [-0.3, -0.25) is 4.79 Å². The quantitative estimate of drug-likeness (QED) is 0.847. The van der Waals surface area contributed by atoms with Crippen LogP contribution in [0.4, 0.5) is 4.79 Å². The number of amides is 2. The maximum Gasteiger partial charge on any atom is 0.412 e. The normalized spacial score (nSPS) is 14.8. The Hall–Kier alpha value is -2.34. The van der Waals surface area contributed by atoms with Gasteiger partial charge in [-0.15, -0.1) is 0 Å². The van der Waals surface area contributed by atoms with Gasteiger partial charge in [-0.2, -0.15) is 0 Å². The zero-order chi connectivity index (χ0) is 17.6. The first-order valence-corrected chi connectivity index (χ1v) is 8.99. The molecular weight excluding hydrogens is 384 g/mol. The molecule has 3 rings (SSSR count). The fraction of sp³-hybridized carbons (Fsp3) is 0.263. The number of likely N-dealkylation sites (tertiary alicyclic amines) is 1. The molecule has 0 aromatic heterocycles. The number of halogens is 1. The molecule has 1 aliphatic rings. The summed E-state index contributed by atoms with van der Waals surface area (Å²) in [6.07, 6.45) is 0.974. The van der Waals surface area contributed by atoms with E-state index in [1.54, 1.807) is 12.1 Å². The highest BCUT2D eigenvalue weighted by atomic mass is 79.9. The van der Waals surface area contributed by atoms with Crippen molar-refractivity contribution in [2.24, 2.45) is 0 Å². The highest BCUT2D eigenvalue weighted by Crippen LogP contribution is 2.17. The molecule has 1 N–H and O–H groups in total. The van der Waals surface area contributed by atoms with Crippen molar-refractivity contribution in [1.82, 2.24) is 10.2 Å². The first-order chi connectivity index (χ1) is 12.1. The molecule has 0 bridgehead atoms. The van der Waals surface area contributed by atoms with Crippen molar-refractivity contribution in [1.29, 1.82) is 0 Å². The number of hydrogen-bond donors (Lipinski definition) is 1. The first-order valence-electron chi connectivity index (χ1n) is 8.20. The van der Waals surface area contributed by atoms with Crippen molar-refractivity contribution in [2.75, 3.05) is 13.1 Å². The lowest BCUT2D eigenvalue weighted by molar-refractivity contribution is 0.0706. The lowest BCUT2D eigenvalue weighted by Gasteiger charge is -2.32. The number of carbonyl (C=O) groups excluding carboxylic acids is 2. The van der Waals surface area contributed by atoms with Crippen LogP contribution < -0.4 is 10.1 Å². The largest absolute Gasteiger partial charge is 0.412 e. The molecule has 0 spiro atoms. The molecule has 1 heterocycles. The van der Waals surface area contributed by atoms with E-state index in [9.17, 15) is 9.59 Å². The molecular formula is C19H19BrN2O3. The predicted octanol–water partition coefficient (Wildman–Crippen LogP) is 3.84. The third kappa shape index (κ3) is 4.82. The number of nitrogens with one attached hydrogen (secondary N) is 1. The molecule has 2 amide bonds. The standard InChI is InChI=1S/C19H19BrN2O3/c20-15-8-6-14(7-9-15)18(23)22-12-10-16(11-13-22)21-19(24)25-17-4-2-1-3-5-17/h1-9,16H,10-13H2,(H,21,24). The van der Waals surface area contributed by atoms with Crippen LogP contribution in [0.3, 0.4) is 0 Å². The maximum atomic E-state index is 12.5. The summed E-state index contributed by atoms with van der Waals surface area (Å²) in [5.41, 5.74) is 0.679. The van der Waals surface area contributed by atoms with Crippen molar-refractivity contribution in [2.45, 2.75) is 18.9 Å². The molecule has 6 heteroatoms. The van der Waals surface area contributed by atoms with Gasteiger partial charge in [-0.1, -0.05) is 34.1 Å². The second-order valence-electron chi connectivity index (χ2n) is 5.92. The van der Waals surface area contributed by atoms with Crippen LogP contribution in [0.2, 0.25) is 0 Å². The summed E-state index contributed by atoms with van der Waals surface area (Å²) in [5, 5.41) is 2.87. The van der Waals surface area contributed by atoms with Gasteiger partial charge in [-0.25, -0.2) is 4.79 Å². The smallest absolute Gasteiger partial charge is 0.410 e. The third-order valence-corrected chi connectivity index (χ3v) is 4.68. The molecule has 2 aromatic rings. The van der Waals surface area contributed by atoms with Crippen molar-refractivity contribution < 1.29 is 14.3 Å². The van der Waals surface area contributed by atoms with E-state index in [-0.39, 0.29) is 11.9 Å². The Balaban J connectivity index is 1.47. The van der Waals surface area contributed by atoms with Crippen LogP contribution >= 0.6 is 15.9 Å². The Labute approximate surface area is 155 Å². The van der Waals surface area contributed by atoms with Gasteiger partial charge in [0.2, 0.25) is 0 Å². The van der Waals surface area contributed by atoms with E-state index in [0.717, 1.165) is 4.47 Å². The number of rotatable bonds is 3. The molecule has 2 aromatic carbocycles. The summed E-state index contributed by atoms with van der Waals surface area (Å²) in [4.78, 5) is 26.2. The lowest BCUT2D eigenvalue weighted by Crippen LogP contribution is -2.47. The number of carbonyl (C=O) groups is 2. The van der Waals surface area contributed by atoms with Crippen LogP contribution in [0.1, 0.15) is 23.2 Å². The Morgan fingerprint density at radius 1 is 1.00 bits per heavy atom. The number of nitrogens with zero attached hydrogens (tertiary/aromatic N) is 1. The van der Waals surface area contributed by atoms with Gasteiger partial charge in [0.05, 0.1) is 0 Å². The van der Waals surface area contributed by atoms with E-state index in [2.05, 4.69) is 21.2 Å². The van der Waals surface area contributed by atoms with Gasteiger partial charge < -0.3 is 15.0 Å². The van der Waals surface area contributed by atoms with Crippen molar-refractivity contribution in [3.8, 4) is 5.75 Å². The van der Waals surface area contributed by atoms with Crippen molar-refractivity contribution >= 4 is 27.9 Å². The molecule has 0 atom stereocenters. The minimum Gasteiger partial charge on any atom is -0.410 e. The predicted molar refractivity (Wildman–Crippen MR) is 98.7 cm³/mol. The van der Waals surface area contributed by atoms with Crippen molar-refractivity contribution in [3.05, 3.63) is 64.6 Å². The number of para-hydroxylation sites is 1. The van der Waals surface area contributed by atoms with Crippen molar-refractivity contribution in [3.63, 3.8) is 0 Å². The average Bonchev–Trinajstić information content (AvgIpc) is 2.63. The molecule has 5 nitrogen and oxygen atoms in total. The highest BCUT2D eigenvalue weighted by Gasteiger charge is 2.25. The number of benzene rings is 2. The molecule has 1 saturated heterocycles. The Morgan fingerprint density at radius 3 is 2.28 bits per heavy atom. The molecule has 0 radical (unpaired) electrons. The molecule has 0 unspecified atom stereocenters. The van der Waals surface area contributed by atoms with Crippen LogP contribution in [-0.2, 0) is 0 Å². The second kappa shape index (κ2) is 8.16. The van der Waals surface area contributed by atoms with Gasteiger partial charge in [-0.05, 0) is 49.2 Å². The number of ether oxygens (including phenoxy) is 1. The van der Waals surface area contributed by atoms with E-state index >= 15 is 0 Å². The number of piperidine rings is 1. The zero-order valence-corrected chi connectivity index (χ0v) is 15.2. The first kappa shape index (κ1) is 17.5. The van der Waals surface area contributed by atoms with Crippen LogP contribution in [0.25, 0.3) is 0 Å². The Morgan fingerprint density at radius 2 is 1.64 bits per heavy atom. The third-order valence-electron chi connectivity index (χ3n) is 4.15. The van der Waals surface area contributed by atoms with Gasteiger partial charge in [0.25, 0.3) is 5.91 Å². The number of hydrogen-bond acceptors (Lipinski definition) is 3. The van der Waals surface area contributed by atoms with Crippen LogP contribution in [-0.4, -0.2) is 36.0 Å². The second-order valence-corrected chi connectivity index (χ2v) is 6.84. The summed E-state index contributed by atoms with van der Waals surface area (Å²) in [7, 11) is 0.